The van der Waals surface area contributed by atoms with Gasteiger partial charge >= 0.3 is 0 Å². The molecule has 0 aliphatic heterocycles. The van der Waals surface area contributed by atoms with E-state index in [1.54, 1.807) is 10.9 Å². The Hall–Kier alpha value is -2.11. The van der Waals surface area contributed by atoms with E-state index in [0.717, 1.165) is 24.2 Å². The molecular formula is C13H19N5O. The number of hydrogen-bond donors (Lipinski definition) is 1. The highest BCUT2D eigenvalue weighted by Crippen LogP contribution is 2.04. The first kappa shape index (κ1) is 13.3. The molecule has 6 heteroatoms. The molecule has 0 fully saturated rings. The van der Waals surface area contributed by atoms with E-state index in [-0.39, 0.29) is 5.91 Å². The molecule has 0 saturated heterocycles. The van der Waals surface area contributed by atoms with Gasteiger partial charge in [0.15, 0.2) is 0 Å². The van der Waals surface area contributed by atoms with E-state index in [9.17, 15) is 4.79 Å². The van der Waals surface area contributed by atoms with Gasteiger partial charge in [-0.05, 0) is 25.8 Å². The first-order valence-electron chi connectivity index (χ1n) is 6.34. The summed E-state index contributed by atoms with van der Waals surface area (Å²) < 4.78 is 3.54. The largest absolute Gasteiger partial charge is 0.352 e. The number of amides is 1. The van der Waals surface area contributed by atoms with E-state index < -0.39 is 0 Å². The lowest BCUT2D eigenvalue weighted by Gasteiger charge is -2.04. The maximum absolute atomic E-state index is 11.9. The molecule has 2 heterocycles. The van der Waals surface area contributed by atoms with E-state index in [1.807, 2.05) is 38.0 Å². The van der Waals surface area contributed by atoms with Crippen molar-refractivity contribution in [3.8, 4) is 0 Å². The third kappa shape index (κ3) is 3.43. The Balaban J connectivity index is 1.77. The van der Waals surface area contributed by atoms with Gasteiger partial charge in [0.1, 0.15) is 0 Å². The lowest BCUT2D eigenvalue weighted by atomic mass is 10.2. The number of rotatable bonds is 5. The van der Waals surface area contributed by atoms with Crippen LogP contribution >= 0.6 is 0 Å². The van der Waals surface area contributed by atoms with Crippen molar-refractivity contribution in [3.05, 3.63) is 35.4 Å². The van der Waals surface area contributed by atoms with Crippen LogP contribution in [0.15, 0.2) is 18.6 Å². The van der Waals surface area contributed by atoms with Crippen LogP contribution in [0.2, 0.25) is 0 Å². The van der Waals surface area contributed by atoms with Crippen LogP contribution in [-0.2, 0) is 13.6 Å². The normalized spacial score (nSPS) is 10.7. The molecule has 19 heavy (non-hydrogen) atoms. The van der Waals surface area contributed by atoms with Gasteiger partial charge in [-0.2, -0.15) is 10.2 Å². The zero-order chi connectivity index (χ0) is 13.8. The van der Waals surface area contributed by atoms with Crippen molar-refractivity contribution < 1.29 is 4.79 Å². The van der Waals surface area contributed by atoms with Crippen LogP contribution in [-0.4, -0.2) is 32.0 Å². The molecule has 6 nitrogen and oxygen atoms in total. The highest BCUT2D eigenvalue weighted by Gasteiger charge is 2.11. The van der Waals surface area contributed by atoms with Gasteiger partial charge in [-0.3, -0.25) is 14.2 Å². The van der Waals surface area contributed by atoms with Gasteiger partial charge in [0.05, 0.1) is 17.5 Å². The van der Waals surface area contributed by atoms with Gasteiger partial charge in [-0.15, -0.1) is 0 Å². The van der Waals surface area contributed by atoms with E-state index in [1.165, 1.54) is 0 Å². The first-order chi connectivity index (χ1) is 9.06. The molecule has 1 amide bonds. The molecule has 0 saturated carbocycles. The van der Waals surface area contributed by atoms with Gasteiger partial charge in [0, 0.05) is 32.5 Å². The first-order valence-corrected chi connectivity index (χ1v) is 6.34. The highest BCUT2D eigenvalue weighted by molar-refractivity contribution is 5.94. The second-order valence-corrected chi connectivity index (χ2v) is 4.69. The van der Waals surface area contributed by atoms with Crippen LogP contribution in [0, 0.1) is 13.8 Å². The smallest absolute Gasteiger partial charge is 0.254 e. The van der Waals surface area contributed by atoms with Crippen LogP contribution in [0.3, 0.4) is 0 Å². The van der Waals surface area contributed by atoms with E-state index >= 15 is 0 Å². The Labute approximate surface area is 112 Å². The van der Waals surface area contributed by atoms with Crippen molar-refractivity contribution in [1.82, 2.24) is 24.9 Å². The van der Waals surface area contributed by atoms with Crippen LogP contribution in [0.1, 0.15) is 28.0 Å². The molecule has 0 bridgehead atoms. The average Bonchev–Trinajstić information content (AvgIpc) is 2.90. The van der Waals surface area contributed by atoms with Crippen LogP contribution < -0.4 is 5.32 Å². The summed E-state index contributed by atoms with van der Waals surface area (Å²) >= 11 is 0. The number of nitrogens with one attached hydrogen (secondary N) is 1. The minimum atomic E-state index is -0.0674. The maximum atomic E-state index is 11.9. The minimum Gasteiger partial charge on any atom is -0.352 e. The number of nitrogens with zero attached hydrogens (tertiary/aromatic N) is 4. The van der Waals surface area contributed by atoms with Gasteiger partial charge in [0.2, 0.25) is 0 Å². The van der Waals surface area contributed by atoms with Crippen molar-refractivity contribution in [2.24, 2.45) is 7.05 Å². The molecule has 1 N–H and O–H groups in total. The fraction of sp³-hybridized carbons (Fsp3) is 0.462. The summed E-state index contributed by atoms with van der Waals surface area (Å²) in [4.78, 5) is 11.9. The van der Waals surface area contributed by atoms with Gasteiger partial charge in [-0.25, -0.2) is 0 Å². The summed E-state index contributed by atoms with van der Waals surface area (Å²) in [6.07, 6.45) is 6.42. The quantitative estimate of drug-likeness (QED) is 0.818. The van der Waals surface area contributed by atoms with Crippen LogP contribution in [0.25, 0.3) is 0 Å². The molecule has 0 spiro atoms. The maximum Gasteiger partial charge on any atom is 0.254 e. The molecule has 2 rings (SSSR count). The van der Waals surface area contributed by atoms with Crippen LogP contribution in [0.5, 0.6) is 0 Å². The third-order valence-electron chi connectivity index (χ3n) is 2.87. The number of carbonyl (C=O) groups is 1. The van der Waals surface area contributed by atoms with Crippen molar-refractivity contribution >= 4 is 5.91 Å². The summed E-state index contributed by atoms with van der Waals surface area (Å²) in [5, 5.41) is 11.2. The van der Waals surface area contributed by atoms with E-state index in [2.05, 4.69) is 15.5 Å². The summed E-state index contributed by atoms with van der Waals surface area (Å²) in [7, 11) is 1.81. The number of aryl methyl sites for hydroxylation is 4. The molecule has 0 unspecified atom stereocenters. The summed E-state index contributed by atoms with van der Waals surface area (Å²) in [6.45, 7) is 5.28. The molecule has 102 valence electrons. The van der Waals surface area contributed by atoms with Gasteiger partial charge in [0.25, 0.3) is 5.91 Å². The molecule has 0 radical (unpaired) electrons. The summed E-state index contributed by atoms with van der Waals surface area (Å²) in [5.41, 5.74) is 2.54. The Morgan fingerprint density at radius 1 is 1.37 bits per heavy atom. The second-order valence-electron chi connectivity index (χ2n) is 4.69. The topological polar surface area (TPSA) is 64.7 Å². The van der Waals surface area contributed by atoms with Gasteiger partial charge < -0.3 is 5.32 Å². The molecule has 0 atom stereocenters. The molecule has 2 aromatic heterocycles. The second kappa shape index (κ2) is 5.69. The SMILES string of the molecule is Cc1cnn(CCCNC(=O)c2cn(C)nc2C)c1. The van der Waals surface area contributed by atoms with Crippen molar-refractivity contribution in [2.45, 2.75) is 26.8 Å². The Kier molecular flexibility index (Phi) is 3.99. The fourth-order valence-electron chi connectivity index (χ4n) is 1.95. The molecule has 0 aliphatic carbocycles. The van der Waals surface area contributed by atoms with E-state index in [0.29, 0.717) is 12.1 Å². The molecular weight excluding hydrogens is 242 g/mol. The number of hydrogen-bond acceptors (Lipinski definition) is 3. The van der Waals surface area contributed by atoms with Crippen molar-refractivity contribution in [2.75, 3.05) is 6.54 Å². The summed E-state index contributed by atoms with van der Waals surface area (Å²) in [6, 6.07) is 0. The zero-order valence-corrected chi connectivity index (χ0v) is 11.6. The third-order valence-corrected chi connectivity index (χ3v) is 2.87. The number of aromatic nitrogens is 4. The lowest BCUT2D eigenvalue weighted by molar-refractivity contribution is 0.0952. The predicted molar refractivity (Wildman–Crippen MR) is 71.9 cm³/mol. The standard InChI is InChI=1S/C13H19N5O/c1-10-7-15-18(8-10)6-4-5-14-13(19)12-9-17(3)16-11(12)2/h7-9H,4-6H2,1-3H3,(H,14,19). The average molecular weight is 261 g/mol. The lowest BCUT2D eigenvalue weighted by Crippen LogP contribution is -2.25. The highest BCUT2D eigenvalue weighted by atomic mass is 16.1. The summed E-state index contributed by atoms with van der Waals surface area (Å²) in [5.74, 6) is -0.0674. The molecule has 2 aromatic rings. The van der Waals surface area contributed by atoms with E-state index in [4.69, 9.17) is 0 Å². The Morgan fingerprint density at radius 2 is 2.16 bits per heavy atom. The molecule has 0 aromatic carbocycles. The Morgan fingerprint density at radius 3 is 2.74 bits per heavy atom. The van der Waals surface area contributed by atoms with Gasteiger partial charge in [-0.1, -0.05) is 0 Å². The number of carbonyl (C=O) groups excluding carboxylic acids is 1. The van der Waals surface area contributed by atoms with Crippen molar-refractivity contribution in [1.29, 1.82) is 0 Å². The van der Waals surface area contributed by atoms with Crippen LogP contribution in [0.4, 0.5) is 0 Å². The Bertz CT molecular complexity index is 569. The predicted octanol–water partition coefficient (Wildman–Crippen LogP) is 1.05. The van der Waals surface area contributed by atoms with Crippen molar-refractivity contribution in [3.63, 3.8) is 0 Å². The fourth-order valence-corrected chi connectivity index (χ4v) is 1.95. The zero-order valence-electron chi connectivity index (χ0n) is 11.6. The monoisotopic (exact) mass is 261 g/mol. The molecule has 0 aliphatic rings. The minimum absolute atomic E-state index is 0.0674.